The van der Waals surface area contributed by atoms with Crippen LogP contribution in [-0.4, -0.2) is 188 Å². The van der Waals surface area contributed by atoms with Crippen LogP contribution in [0.15, 0.2) is 126 Å². The lowest BCUT2D eigenvalue weighted by Gasteiger charge is -2.12. The summed E-state index contributed by atoms with van der Waals surface area (Å²) in [6, 6.07) is 38.1. The minimum atomic E-state index is -3.53. The average molecular weight is 1480 g/mol. The number of amides is 5. The number of rotatable bonds is 15. The molecule has 0 aromatic heterocycles. The molecule has 583 valence electrons. The number of aryl methyl sites for hydroxylation is 5. The molecular weight excluding hydrogens is 1340 g/mol. The van der Waals surface area contributed by atoms with E-state index in [2.05, 4.69) is 14.2 Å². The third kappa shape index (κ3) is 40.6. The first kappa shape index (κ1) is 117. The first-order valence-corrected chi connectivity index (χ1v) is 33.7. The summed E-state index contributed by atoms with van der Waals surface area (Å²) in [6.07, 6.45) is -1.61. The zero-order valence-electron chi connectivity index (χ0n) is 60.8. The van der Waals surface area contributed by atoms with Crippen molar-refractivity contribution in [2.75, 3.05) is 89.8 Å². The molecule has 0 saturated carbocycles. The SMILES string of the molecule is C.C.C.C.C.CC.CC.CC.CC.CC.CC(=O)CCC1CN(c2ccc(C)cc2)C(=O)O1.Cc1ccc(N2CC(CN)OC2=O)cc1.Cc1ccc(N2CC(CN=[N+]=[N-])OC2=O)cc1.Cc1ccc(N2CC(CO)OC2=O)cc1.Cc1ccc(N2CC(COS(C)(=O)=O)OC2=O)cc1.[2HH].[2HH].[2HH].[2HH].[2HH].[B].[B].[B].[B].[B]. The zero-order valence-corrected chi connectivity index (χ0v) is 61.6. The number of aliphatic hydroxyl groups excluding tert-OH is 1. The van der Waals surface area contributed by atoms with Gasteiger partial charge in [0.1, 0.15) is 42.9 Å². The van der Waals surface area contributed by atoms with Gasteiger partial charge in [0, 0.05) is 95.5 Å². The van der Waals surface area contributed by atoms with Crippen LogP contribution >= 0.6 is 0 Å². The van der Waals surface area contributed by atoms with Gasteiger partial charge in [0.15, 0.2) is 0 Å². The molecule has 5 heterocycles. The van der Waals surface area contributed by atoms with E-state index in [1.165, 1.54) is 20.3 Å². The number of Topliss-reactive ketones (excluding diaryl/α,β-unsaturated/α-hetero) is 1. The van der Waals surface area contributed by atoms with E-state index in [1.54, 1.807) is 16.7 Å². The molecule has 5 unspecified atom stereocenters. The molecular formula is C74H131B5N9O15S. The molecule has 5 aromatic rings. The molecule has 3 N–H and O–H groups in total. The Kier molecular flexibility index (Phi) is 70.8. The van der Waals surface area contributed by atoms with Crippen LogP contribution < -0.4 is 30.2 Å². The van der Waals surface area contributed by atoms with Gasteiger partial charge in [-0.1, -0.05) is 200 Å². The monoisotopic (exact) mass is 1480 g/mol. The molecule has 10 rings (SSSR count). The third-order valence-corrected chi connectivity index (χ3v) is 13.8. The fourth-order valence-electron chi connectivity index (χ4n) is 8.53. The topological polar surface area (TPSA) is 303 Å². The van der Waals surface area contributed by atoms with E-state index in [4.69, 9.17) is 40.1 Å². The molecule has 0 spiro atoms. The van der Waals surface area contributed by atoms with Crippen LogP contribution in [0.5, 0.6) is 0 Å². The number of azide groups is 1. The molecule has 0 bridgehead atoms. The highest BCUT2D eigenvalue weighted by Gasteiger charge is 2.36. The number of hydrogen-bond donors (Lipinski definition) is 2. The van der Waals surface area contributed by atoms with Crippen molar-refractivity contribution in [3.63, 3.8) is 0 Å². The molecule has 15 radical (unpaired) electrons. The van der Waals surface area contributed by atoms with Gasteiger partial charge in [0.25, 0.3) is 10.1 Å². The number of cyclic esters (lactones) is 5. The number of anilines is 5. The van der Waals surface area contributed by atoms with Gasteiger partial charge in [0.05, 0.1) is 52.1 Å². The Morgan fingerprint density at radius 1 is 0.471 bits per heavy atom. The predicted molar refractivity (Wildman–Crippen MR) is 445 cm³/mol. The molecule has 104 heavy (non-hydrogen) atoms. The molecule has 5 aliphatic heterocycles. The van der Waals surface area contributed by atoms with E-state index in [-0.39, 0.29) is 149 Å². The zero-order chi connectivity index (χ0) is 71.1. The van der Waals surface area contributed by atoms with Crippen LogP contribution in [0.3, 0.4) is 0 Å². The molecule has 5 saturated heterocycles. The van der Waals surface area contributed by atoms with E-state index in [9.17, 15) is 37.2 Å². The Morgan fingerprint density at radius 3 is 0.942 bits per heavy atom. The molecule has 24 nitrogen and oxygen atoms in total. The van der Waals surface area contributed by atoms with Gasteiger partial charge >= 0.3 is 30.5 Å². The smallest absolute Gasteiger partial charge is 0.414 e. The second-order valence-corrected chi connectivity index (χ2v) is 22.0. The van der Waals surface area contributed by atoms with Crippen LogP contribution in [0.2, 0.25) is 0 Å². The molecule has 0 aliphatic carbocycles. The Morgan fingerprint density at radius 2 is 0.702 bits per heavy atom. The number of aliphatic hydroxyl groups is 1. The van der Waals surface area contributed by atoms with Crippen molar-refractivity contribution >= 4 is 117 Å². The van der Waals surface area contributed by atoms with Crippen LogP contribution in [0.1, 0.15) is 161 Å². The summed E-state index contributed by atoms with van der Waals surface area (Å²) in [5, 5.41) is 12.3. The fourth-order valence-corrected chi connectivity index (χ4v) is 8.93. The van der Waals surface area contributed by atoms with Crippen molar-refractivity contribution < 1.29 is 77.3 Å². The lowest BCUT2D eigenvalue weighted by Crippen LogP contribution is -2.27. The molecule has 5 aromatic carbocycles. The van der Waals surface area contributed by atoms with Gasteiger partial charge in [-0.3, -0.25) is 28.7 Å². The van der Waals surface area contributed by atoms with Crippen LogP contribution in [0.4, 0.5) is 52.4 Å². The van der Waals surface area contributed by atoms with Gasteiger partial charge in [-0.15, -0.1) is 0 Å². The predicted octanol–water partition coefficient (Wildman–Crippen LogP) is 16.8. The largest absolute Gasteiger partial charge is 0.444 e. The number of carbonyl (C=O) groups is 6. The summed E-state index contributed by atoms with van der Waals surface area (Å²) in [6.45, 7) is 33.9. The van der Waals surface area contributed by atoms with E-state index < -0.39 is 40.6 Å². The minimum Gasteiger partial charge on any atom is -0.444 e. The Hall–Kier alpha value is -8.42. The number of nitrogens with two attached hydrogens (primary N) is 1. The average Bonchev–Trinajstić information content (AvgIpc) is 1.75. The van der Waals surface area contributed by atoms with E-state index >= 15 is 0 Å². The Balaban J connectivity index is -0.0000000733. The maximum absolute atomic E-state index is 11.7. The van der Waals surface area contributed by atoms with E-state index in [1.807, 2.05) is 225 Å². The van der Waals surface area contributed by atoms with Crippen molar-refractivity contribution in [2.45, 2.75) is 191 Å². The van der Waals surface area contributed by atoms with Crippen molar-refractivity contribution in [1.29, 1.82) is 0 Å². The van der Waals surface area contributed by atoms with Gasteiger partial charge in [0.2, 0.25) is 0 Å². The first-order valence-electron chi connectivity index (χ1n) is 31.9. The van der Waals surface area contributed by atoms with E-state index in [0.717, 1.165) is 56.9 Å². The summed E-state index contributed by atoms with van der Waals surface area (Å²) in [7, 11) is -3.53. The Labute approximate surface area is 642 Å². The van der Waals surface area contributed by atoms with Gasteiger partial charge in [-0.25, -0.2) is 24.0 Å². The van der Waals surface area contributed by atoms with Gasteiger partial charge in [-0.05, 0) is 114 Å². The van der Waals surface area contributed by atoms with E-state index in [0.29, 0.717) is 45.6 Å². The second-order valence-electron chi connectivity index (χ2n) is 20.3. The molecule has 30 heteroatoms. The van der Waals surface area contributed by atoms with Crippen LogP contribution in [0.25, 0.3) is 10.4 Å². The number of nitrogens with zero attached hydrogens (tertiary/aromatic N) is 8. The number of hydrogen-bond acceptors (Lipinski definition) is 17. The Bertz CT molecular complexity index is 3190. The lowest BCUT2D eigenvalue weighted by molar-refractivity contribution is -0.117. The van der Waals surface area contributed by atoms with Crippen LogP contribution in [-0.2, 0) is 42.8 Å². The number of ketones is 1. The van der Waals surface area contributed by atoms with Crippen molar-refractivity contribution in [2.24, 2.45) is 10.8 Å². The summed E-state index contributed by atoms with van der Waals surface area (Å²) >= 11 is 0. The molecule has 5 fully saturated rings. The van der Waals surface area contributed by atoms with Crippen molar-refractivity contribution in [3.05, 3.63) is 160 Å². The van der Waals surface area contributed by atoms with Crippen LogP contribution in [0, 0.1) is 34.6 Å². The number of benzene rings is 5. The van der Waals surface area contributed by atoms with Crippen molar-refractivity contribution in [1.82, 2.24) is 0 Å². The lowest BCUT2D eigenvalue weighted by atomic mass is 10.1. The number of carbonyl (C=O) groups excluding carboxylic acids is 6. The highest BCUT2D eigenvalue weighted by Crippen LogP contribution is 2.27. The molecule has 5 atom stereocenters. The molecule has 5 aliphatic rings. The third-order valence-electron chi connectivity index (χ3n) is 13.2. The highest BCUT2D eigenvalue weighted by atomic mass is 32.2. The standard InChI is InChI=1S/C14H17NO3.C12H15NO5S.C11H12N4O2.C11H14N2O2.C11H13NO3.5C2H6.5CH4.5B.5H2/c1-10-3-6-12(7-4-10)15-9-13(18-14(15)17)8-5-11(2)16;1-9-3-5-10(6-4-9)13-7-11(18-12(13)14)8-17-19(2,15)16;1-8-2-4-9(5-3-8)15-7-10(6-13-14-12)17-11(15)16;1-8-2-4-9(5-3-8)13-7-10(6-12)15-11(13)14;1-8-2-4-9(5-3-8)12-6-10(7-13)15-11(12)14;5*1-2;;;;;;;;;;;;;;;/h3-4,6-7,13H,5,8-9H2,1-2H3;3-6,11H,7-8H2,1-2H3;2-5,10H,6-7H2,1H3;2-5,10H,6-7,12H2,1H3;2-5,10,13H,6-7H2,1H3;5*1-2H3;5*1H4;;;;;;5*1H/i;;;;;;;;;;;;;;;;;;;;5*1+1. The first-order chi connectivity index (χ1) is 45.0. The highest BCUT2D eigenvalue weighted by molar-refractivity contribution is 7.86. The quantitative estimate of drug-likeness (QED) is 0.0246. The van der Waals surface area contributed by atoms with Gasteiger partial charge < -0.3 is 39.3 Å². The summed E-state index contributed by atoms with van der Waals surface area (Å²) < 4.78 is 51.8. The summed E-state index contributed by atoms with van der Waals surface area (Å²) in [5.41, 5.74) is 23.4. The summed E-state index contributed by atoms with van der Waals surface area (Å²) in [5.74, 6) is 0.125. The second kappa shape index (κ2) is 63.1. The summed E-state index contributed by atoms with van der Waals surface area (Å²) in [4.78, 5) is 79.2. The maximum atomic E-state index is 11.7. The fraction of sp³-hybridized carbons (Fsp3) is 0.514. The maximum Gasteiger partial charge on any atom is 0.414 e. The van der Waals surface area contributed by atoms with Crippen molar-refractivity contribution in [3.8, 4) is 0 Å². The molecule has 5 amide bonds. The normalized spacial score (nSPS) is 16.1. The number of ether oxygens (including phenoxy) is 5. The van der Waals surface area contributed by atoms with Gasteiger partial charge in [-0.2, -0.15) is 8.42 Å². The minimum absolute atomic E-state index is 0.